The minimum absolute atomic E-state index is 0.279. The van der Waals surface area contributed by atoms with Gasteiger partial charge in [-0.15, -0.1) is 0 Å². The van der Waals surface area contributed by atoms with Gasteiger partial charge in [-0.05, 0) is 17.7 Å². The summed E-state index contributed by atoms with van der Waals surface area (Å²) in [5, 5.41) is 3.89. The normalized spacial score (nSPS) is 19.5. The Bertz CT molecular complexity index is 377. The zero-order chi connectivity index (χ0) is 9.54. The third-order valence-electron chi connectivity index (χ3n) is 2.70. The lowest BCUT2D eigenvalue weighted by molar-refractivity contribution is 0.174. The molecule has 1 N–H and O–H groups in total. The van der Waals surface area contributed by atoms with Gasteiger partial charge in [0.15, 0.2) is 11.5 Å². The fraction of sp³-hybridized carbons (Fsp3) is 0.400. The van der Waals surface area contributed by atoms with Gasteiger partial charge in [0.2, 0.25) is 6.79 Å². The van der Waals surface area contributed by atoms with Crippen LogP contribution < -0.4 is 14.8 Å². The van der Waals surface area contributed by atoms with E-state index in [1.54, 1.807) is 0 Å². The molecule has 0 unspecified atom stereocenters. The number of rotatable bonds is 1. The van der Waals surface area contributed by atoms with Crippen molar-refractivity contribution < 1.29 is 9.47 Å². The third kappa shape index (κ3) is 1.16. The molecular weight excluding hydrogens is 202 g/mol. The standard InChI is InChI=1S/C10H10ClNO2/c11-8-1-6(7-3-12-4-7)2-9-10(8)14-5-13-9/h1-2,7,12H,3-5H2. The lowest BCUT2D eigenvalue weighted by atomic mass is 9.93. The predicted octanol–water partition coefficient (Wildman–Crippen LogP) is 1.76. The number of nitrogens with one attached hydrogen (secondary N) is 1. The largest absolute Gasteiger partial charge is 0.454 e. The minimum atomic E-state index is 0.279. The van der Waals surface area contributed by atoms with Crippen LogP contribution in [0.2, 0.25) is 5.02 Å². The first-order chi connectivity index (χ1) is 6.84. The quantitative estimate of drug-likeness (QED) is 0.768. The summed E-state index contributed by atoms with van der Waals surface area (Å²) in [7, 11) is 0. The molecule has 3 nitrogen and oxygen atoms in total. The zero-order valence-corrected chi connectivity index (χ0v) is 8.30. The maximum absolute atomic E-state index is 6.07. The Morgan fingerprint density at radius 2 is 2.14 bits per heavy atom. The summed E-state index contributed by atoms with van der Waals surface area (Å²) in [4.78, 5) is 0. The maximum Gasteiger partial charge on any atom is 0.231 e. The van der Waals surface area contributed by atoms with Gasteiger partial charge in [0, 0.05) is 19.0 Å². The van der Waals surface area contributed by atoms with Crippen LogP contribution in [0.3, 0.4) is 0 Å². The number of benzene rings is 1. The fourth-order valence-electron chi connectivity index (χ4n) is 1.75. The van der Waals surface area contributed by atoms with Crippen molar-refractivity contribution in [2.75, 3.05) is 19.9 Å². The molecule has 2 aliphatic rings. The highest BCUT2D eigenvalue weighted by molar-refractivity contribution is 6.32. The fourth-order valence-corrected chi connectivity index (χ4v) is 2.02. The average Bonchev–Trinajstić information content (AvgIpc) is 2.48. The van der Waals surface area contributed by atoms with Gasteiger partial charge in [-0.25, -0.2) is 0 Å². The molecule has 0 atom stereocenters. The maximum atomic E-state index is 6.07. The molecule has 0 saturated carbocycles. The van der Waals surface area contributed by atoms with Gasteiger partial charge in [-0.2, -0.15) is 0 Å². The summed E-state index contributed by atoms with van der Waals surface area (Å²) >= 11 is 6.07. The SMILES string of the molecule is Clc1cc(C2CNC2)cc2c1OCO2. The molecule has 0 radical (unpaired) electrons. The average molecular weight is 212 g/mol. The van der Waals surface area contributed by atoms with Crippen LogP contribution in [0.25, 0.3) is 0 Å². The number of ether oxygens (including phenoxy) is 2. The lowest BCUT2D eigenvalue weighted by Gasteiger charge is -2.27. The topological polar surface area (TPSA) is 30.5 Å². The monoisotopic (exact) mass is 211 g/mol. The molecule has 0 aromatic heterocycles. The van der Waals surface area contributed by atoms with Crippen molar-refractivity contribution in [1.82, 2.24) is 5.32 Å². The molecule has 0 spiro atoms. The Balaban J connectivity index is 2.02. The molecule has 1 aromatic carbocycles. The second-order valence-electron chi connectivity index (χ2n) is 3.59. The summed E-state index contributed by atoms with van der Waals surface area (Å²) in [5.74, 6) is 2.03. The van der Waals surface area contributed by atoms with Crippen LogP contribution in [0.4, 0.5) is 0 Å². The Kier molecular flexibility index (Phi) is 1.82. The molecule has 4 heteroatoms. The molecule has 1 saturated heterocycles. The Morgan fingerprint density at radius 1 is 1.29 bits per heavy atom. The molecule has 0 amide bonds. The molecule has 1 fully saturated rings. The van der Waals surface area contributed by atoms with E-state index in [0.29, 0.717) is 16.7 Å². The number of fused-ring (bicyclic) bond motifs is 1. The van der Waals surface area contributed by atoms with Crippen molar-refractivity contribution >= 4 is 11.6 Å². The van der Waals surface area contributed by atoms with E-state index in [0.717, 1.165) is 18.8 Å². The van der Waals surface area contributed by atoms with Crippen molar-refractivity contribution in [1.29, 1.82) is 0 Å². The van der Waals surface area contributed by atoms with E-state index in [2.05, 4.69) is 5.32 Å². The van der Waals surface area contributed by atoms with E-state index < -0.39 is 0 Å². The van der Waals surface area contributed by atoms with E-state index in [-0.39, 0.29) is 6.79 Å². The molecule has 3 rings (SSSR count). The molecule has 1 aromatic rings. The van der Waals surface area contributed by atoms with Crippen molar-refractivity contribution in [3.63, 3.8) is 0 Å². The molecule has 2 aliphatic heterocycles. The van der Waals surface area contributed by atoms with E-state index in [4.69, 9.17) is 21.1 Å². The second-order valence-corrected chi connectivity index (χ2v) is 4.00. The summed E-state index contributed by atoms with van der Waals surface area (Å²) in [6, 6.07) is 4.00. The van der Waals surface area contributed by atoms with Crippen molar-refractivity contribution in [2.45, 2.75) is 5.92 Å². The van der Waals surface area contributed by atoms with Gasteiger partial charge in [0.05, 0.1) is 5.02 Å². The summed E-state index contributed by atoms with van der Waals surface area (Å²) in [6.45, 7) is 2.33. The van der Waals surface area contributed by atoms with Gasteiger partial charge in [0.25, 0.3) is 0 Å². The first kappa shape index (κ1) is 8.38. The van der Waals surface area contributed by atoms with Gasteiger partial charge in [0.1, 0.15) is 0 Å². The van der Waals surface area contributed by atoms with Crippen molar-refractivity contribution in [3.05, 3.63) is 22.7 Å². The van der Waals surface area contributed by atoms with Gasteiger partial charge in [-0.1, -0.05) is 11.6 Å². The Morgan fingerprint density at radius 3 is 2.86 bits per heavy atom. The number of hydrogen-bond donors (Lipinski definition) is 1. The van der Waals surface area contributed by atoms with E-state index in [9.17, 15) is 0 Å². The summed E-state index contributed by atoms with van der Waals surface area (Å²) in [6.07, 6.45) is 0. The highest BCUT2D eigenvalue weighted by Crippen LogP contribution is 2.41. The van der Waals surface area contributed by atoms with Crippen LogP contribution in [0.5, 0.6) is 11.5 Å². The van der Waals surface area contributed by atoms with E-state index in [1.807, 2.05) is 12.1 Å². The Labute approximate surface area is 87.0 Å². The molecule has 14 heavy (non-hydrogen) atoms. The highest BCUT2D eigenvalue weighted by atomic mass is 35.5. The third-order valence-corrected chi connectivity index (χ3v) is 2.98. The van der Waals surface area contributed by atoms with Crippen molar-refractivity contribution in [3.8, 4) is 11.5 Å². The predicted molar refractivity (Wildman–Crippen MR) is 53.2 cm³/mol. The van der Waals surface area contributed by atoms with Crippen LogP contribution >= 0.6 is 11.6 Å². The number of hydrogen-bond acceptors (Lipinski definition) is 3. The van der Waals surface area contributed by atoms with Crippen LogP contribution in [-0.4, -0.2) is 19.9 Å². The lowest BCUT2D eigenvalue weighted by Crippen LogP contribution is -2.39. The molecule has 2 heterocycles. The minimum Gasteiger partial charge on any atom is -0.454 e. The first-order valence-electron chi connectivity index (χ1n) is 4.64. The van der Waals surface area contributed by atoms with Crippen molar-refractivity contribution in [2.24, 2.45) is 0 Å². The second kappa shape index (κ2) is 3.04. The highest BCUT2D eigenvalue weighted by Gasteiger charge is 2.24. The van der Waals surface area contributed by atoms with Crippen LogP contribution in [0, 0.1) is 0 Å². The Hall–Kier alpha value is -0.930. The summed E-state index contributed by atoms with van der Waals surface area (Å²) < 4.78 is 10.6. The summed E-state index contributed by atoms with van der Waals surface area (Å²) in [5.41, 5.74) is 1.23. The molecule has 0 aliphatic carbocycles. The van der Waals surface area contributed by atoms with E-state index >= 15 is 0 Å². The van der Waals surface area contributed by atoms with Gasteiger partial charge >= 0.3 is 0 Å². The van der Waals surface area contributed by atoms with E-state index in [1.165, 1.54) is 5.56 Å². The van der Waals surface area contributed by atoms with Crippen LogP contribution in [-0.2, 0) is 0 Å². The first-order valence-corrected chi connectivity index (χ1v) is 5.02. The van der Waals surface area contributed by atoms with Gasteiger partial charge in [-0.3, -0.25) is 0 Å². The van der Waals surface area contributed by atoms with Gasteiger partial charge < -0.3 is 14.8 Å². The molecule has 0 bridgehead atoms. The number of halogens is 1. The van der Waals surface area contributed by atoms with Crippen LogP contribution in [0.1, 0.15) is 11.5 Å². The molecular formula is C10H10ClNO2. The zero-order valence-electron chi connectivity index (χ0n) is 7.55. The molecule has 74 valence electrons. The van der Waals surface area contributed by atoms with Crippen LogP contribution in [0.15, 0.2) is 12.1 Å². The smallest absolute Gasteiger partial charge is 0.231 e.